The van der Waals surface area contributed by atoms with E-state index < -0.39 is 15.9 Å². The molecular weight excluding hydrogens is 401 g/mol. The Morgan fingerprint density at radius 1 is 1.00 bits per heavy atom. The van der Waals surface area contributed by atoms with E-state index in [9.17, 15) is 4.79 Å². The predicted molar refractivity (Wildman–Crippen MR) is 98.1 cm³/mol. The number of benzene rings is 2. The van der Waals surface area contributed by atoms with Gasteiger partial charge in [0.25, 0.3) is 5.91 Å². The van der Waals surface area contributed by atoms with Gasteiger partial charge in [0.1, 0.15) is 6.17 Å². The number of alkyl halides is 3. The summed E-state index contributed by atoms with van der Waals surface area (Å²) in [5, 5.41) is 6.39. The zero-order chi connectivity index (χ0) is 17.0. The summed E-state index contributed by atoms with van der Waals surface area (Å²) in [5.74, 6) is -0.441. The highest BCUT2D eigenvalue weighted by Crippen LogP contribution is 2.33. The number of amides is 1. The molecule has 0 spiro atoms. The summed E-state index contributed by atoms with van der Waals surface area (Å²) < 4.78 is -1.80. The number of rotatable bonds is 4. The summed E-state index contributed by atoms with van der Waals surface area (Å²) in [5.41, 5.74) is 0.870. The minimum Gasteiger partial charge on any atom is -0.361 e. The van der Waals surface area contributed by atoms with Gasteiger partial charge in [-0.05, 0) is 30.3 Å². The summed E-state index contributed by atoms with van der Waals surface area (Å²) in [6, 6.07) is 13.4. The molecule has 0 aliphatic heterocycles. The SMILES string of the molecule is O=C(N[C@H](Nc1ccccc1Cl)C(Cl)(Cl)Cl)c1cccc(Cl)c1. The topological polar surface area (TPSA) is 41.1 Å². The highest BCUT2D eigenvalue weighted by Gasteiger charge is 2.34. The van der Waals surface area contributed by atoms with Crippen LogP contribution in [0.2, 0.25) is 10.0 Å². The Kier molecular flexibility index (Phi) is 6.29. The van der Waals surface area contributed by atoms with Crippen LogP contribution < -0.4 is 10.6 Å². The average Bonchev–Trinajstić information content (AvgIpc) is 2.47. The molecule has 1 amide bonds. The van der Waals surface area contributed by atoms with Gasteiger partial charge in [0.05, 0.1) is 10.7 Å². The summed E-state index contributed by atoms with van der Waals surface area (Å²) in [4.78, 5) is 12.3. The van der Waals surface area contributed by atoms with E-state index >= 15 is 0 Å². The van der Waals surface area contributed by atoms with Crippen LogP contribution in [0.3, 0.4) is 0 Å². The second kappa shape index (κ2) is 7.82. The molecule has 122 valence electrons. The molecule has 0 aliphatic carbocycles. The Balaban J connectivity index is 2.20. The third-order valence-electron chi connectivity index (χ3n) is 2.86. The molecule has 0 fully saturated rings. The van der Waals surface area contributed by atoms with Crippen LogP contribution in [0, 0.1) is 0 Å². The van der Waals surface area contributed by atoms with E-state index in [0.717, 1.165) is 0 Å². The fraction of sp³-hybridized carbons (Fsp3) is 0.133. The summed E-state index contributed by atoms with van der Waals surface area (Å²) >= 11 is 29.8. The molecule has 0 heterocycles. The zero-order valence-corrected chi connectivity index (χ0v) is 15.3. The maximum absolute atomic E-state index is 12.3. The third-order valence-corrected chi connectivity index (χ3v) is 4.08. The fourth-order valence-electron chi connectivity index (χ4n) is 1.78. The highest BCUT2D eigenvalue weighted by atomic mass is 35.6. The number of nitrogens with one attached hydrogen (secondary N) is 2. The Morgan fingerprint density at radius 2 is 1.70 bits per heavy atom. The lowest BCUT2D eigenvalue weighted by atomic mass is 10.2. The van der Waals surface area contributed by atoms with Crippen molar-refractivity contribution in [2.75, 3.05) is 5.32 Å². The largest absolute Gasteiger partial charge is 0.361 e. The molecule has 0 saturated carbocycles. The van der Waals surface area contributed by atoms with Crippen LogP contribution >= 0.6 is 58.0 Å². The van der Waals surface area contributed by atoms with E-state index in [-0.39, 0.29) is 0 Å². The van der Waals surface area contributed by atoms with Crippen molar-refractivity contribution in [1.82, 2.24) is 5.32 Å². The molecule has 0 unspecified atom stereocenters. The van der Waals surface area contributed by atoms with E-state index in [4.69, 9.17) is 58.0 Å². The monoisotopic (exact) mass is 410 g/mol. The van der Waals surface area contributed by atoms with Gasteiger partial charge in [-0.1, -0.05) is 76.2 Å². The number of para-hydroxylation sites is 1. The standard InChI is InChI=1S/C15H11Cl5N2O/c16-10-5-3-4-9(8-10)13(23)22-14(15(18,19)20)21-12-7-2-1-6-11(12)17/h1-8,14,21H,(H,22,23)/t14-/m0/s1. The van der Waals surface area contributed by atoms with Crippen LogP contribution in [0.4, 0.5) is 5.69 Å². The van der Waals surface area contributed by atoms with Gasteiger partial charge in [-0.2, -0.15) is 0 Å². The number of carbonyl (C=O) groups is 1. The zero-order valence-electron chi connectivity index (χ0n) is 11.5. The van der Waals surface area contributed by atoms with Crippen molar-refractivity contribution < 1.29 is 4.79 Å². The van der Waals surface area contributed by atoms with Crippen molar-refractivity contribution in [1.29, 1.82) is 0 Å². The van der Waals surface area contributed by atoms with Crippen LogP contribution in [-0.4, -0.2) is 15.9 Å². The third kappa shape index (κ3) is 5.33. The predicted octanol–water partition coefficient (Wildman–Crippen LogP) is 5.53. The number of hydrogen-bond acceptors (Lipinski definition) is 2. The molecule has 2 aromatic carbocycles. The van der Waals surface area contributed by atoms with Crippen molar-refractivity contribution in [3.05, 3.63) is 64.1 Å². The molecule has 2 rings (SSSR count). The minimum absolute atomic E-state index is 0.345. The van der Waals surface area contributed by atoms with Crippen molar-refractivity contribution in [3.63, 3.8) is 0 Å². The lowest BCUT2D eigenvalue weighted by Crippen LogP contribution is -2.49. The molecule has 3 nitrogen and oxygen atoms in total. The Hall–Kier alpha value is -0.840. The molecule has 0 radical (unpaired) electrons. The Morgan fingerprint density at radius 3 is 2.30 bits per heavy atom. The molecule has 0 aliphatic rings. The molecule has 2 aromatic rings. The van der Waals surface area contributed by atoms with Crippen molar-refractivity contribution >= 4 is 69.6 Å². The molecule has 2 N–H and O–H groups in total. The first-order chi connectivity index (χ1) is 10.8. The maximum Gasteiger partial charge on any atom is 0.253 e. The normalized spacial score (nSPS) is 12.6. The van der Waals surface area contributed by atoms with E-state index in [1.165, 1.54) is 6.07 Å². The first-order valence-corrected chi connectivity index (χ1v) is 8.30. The molecule has 23 heavy (non-hydrogen) atoms. The molecule has 1 atom stereocenters. The Labute approximate surface area is 158 Å². The van der Waals surface area contributed by atoms with Gasteiger partial charge in [0, 0.05) is 10.6 Å². The molecule has 0 bridgehead atoms. The summed E-state index contributed by atoms with van der Waals surface area (Å²) in [6.45, 7) is 0. The van der Waals surface area contributed by atoms with Gasteiger partial charge in [-0.3, -0.25) is 4.79 Å². The van der Waals surface area contributed by atoms with Crippen LogP contribution in [0.25, 0.3) is 0 Å². The van der Waals surface area contributed by atoms with Gasteiger partial charge in [0.15, 0.2) is 0 Å². The highest BCUT2D eigenvalue weighted by molar-refractivity contribution is 6.68. The van der Waals surface area contributed by atoms with Gasteiger partial charge in [-0.15, -0.1) is 0 Å². The molecule has 0 saturated heterocycles. The van der Waals surface area contributed by atoms with Crippen LogP contribution in [0.5, 0.6) is 0 Å². The van der Waals surface area contributed by atoms with E-state index in [2.05, 4.69) is 10.6 Å². The number of hydrogen-bond donors (Lipinski definition) is 2. The summed E-state index contributed by atoms with van der Waals surface area (Å²) in [7, 11) is 0. The first kappa shape index (κ1) is 18.5. The number of carbonyl (C=O) groups excluding carboxylic acids is 1. The minimum atomic E-state index is -1.80. The second-order valence-corrected chi connectivity index (χ2v) is 7.80. The second-order valence-electron chi connectivity index (χ2n) is 4.58. The lowest BCUT2D eigenvalue weighted by Gasteiger charge is -2.27. The Bertz CT molecular complexity index is 702. The molecule has 8 heteroatoms. The van der Waals surface area contributed by atoms with Gasteiger partial charge in [0.2, 0.25) is 3.79 Å². The fourth-order valence-corrected chi connectivity index (χ4v) is 2.49. The average molecular weight is 413 g/mol. The smallest absolute Gasteiger partial charge is 0.253 e. The van der Waals surface area contributed by atoms with E-state index in [0.29, 0.717) is 21.3 Å². The van der Waals surface area contributed by atoms with Gasteiger partial charge < -0.3 is 10.6 Å². The van der Waals surface area contributed by atoms with Crippen LogP contribution in [0.1, 0.15) is 10.4 Å². The molecular formula is C15H11Cl5N2O. The van der Waals surface area contributed by atoms with Crippen LogP contribution in [-0.2, 0) is 0 Å². The van der Waals surface area contributed by atoms with Gasteiger partial charge >= 0.3 is 0 Å². The van der Waals surface area contributed by atoms with Crippen molar-refractivity contribution in [2.45, 2.75) is 9.96 Å². The van der Waals surface area contributed by atoms with Crippen LogP contribution in [0.15, 0.2) is 48.5 Å². The summed E-state index contributed by atoms with van der Waals surface area (Å²) in [6.07, 6.45) is -1.00. The lowest BCUT2D eigenvalue weighted by molar-refractivity contribution is 0.0942. The molecule has 0 aromatic heterocycles. The van der Waals surface area contributed by atoms with Crippen molar-refractivity contribution in [3.8, 4) is 0 Å². The number of anilines is 1. The van der Waals surface area contributed by atoms with E-state index in [1.54, 1.807) is 42.5 Å². The quantitative estimate of drug-likeness (QED) is 0.512. The maximum atomic E-state index is 12.3. The van der Waals surface area contributed by atoms with Gasteiger partial charge in [-0.25, -0.2) is 0 Å². The number of halogens is 5. The van der Waals surface area contributed by atoms with E-state index in [1.807, 2.05) is 0 Å². The first-order valence-electron chi connectivity index (χ1n) is 6.41. The van der Waals surface area contributed by atoms with Crippen molar-refractivity contribution in [2.24, 2.45) is 0 Å².